The van der Waals surface area contributed by atoms with Crippen molar-refractivity contribution < 1.29 is 0 Å². The van der Waals surface area contributed by atoms with Crippen LogP contribution in [0.2, 0.25) is 0 Å². The topological polar surface area (TPSA) is 24.1 Å². The molecule has 1 atom stereocenters. The van der Waals surface area contributed by atoms with Gasteiger partial charge in [-0.25, -0.2) is 0 Å². The molecule has 2 nitrogen and oxygen atoms in total. The van der Waals surface area contributed by atoms with Crippen LogP contribution < -0.4 is 10.6 Å². The molecule has 0 radical (unpaired) electrons. The Hall–Kier alpha value is -0.600. The first-order chi connectivity index (χ1) is 6.34. The van der Waals surface area contributed by atoms with Gasteiger partial charge < -0.3 is 10.6 Å². The van der Waals surface area contributed by atoms with E-state index in [0.717, 1.165) is 13.1 Å². The molecule has 1 aliphatic carbocycles. The molecule has 0 aromatic carbocycles. The van der Waals surface area contributed by atoms with E-state index in [9.17, 15) is 0 Å². The summed E-state index contributed by atoms with van der Waals surface area (Å²) >= 11 is 0. The maximum atomic E-state index is 3.49. The van der Waals surface area contributed by atoms with E-state index in [2.05, 4.69) is 35.8 Å². The lowest BCUT2D eigenvalue weighted by molar-refractivity contribution is 0.575. The summed E-state index contributed by atoms with van der Waals surface area (Å²) in [7, 11) is 1.98. The first-order valence-electron chi connectivity index (χ1n) is 5.08. The zero-order chi connectivity index (χ0) is 9.52. The average molecular weight is 180 g/mol. The number of hydrogen-bond donors (Lipinski definition) is 2. The lowest BCUT2D eigenvalue weighted by Gasteiger charge is -2.18. The highest BCUT2D eigenvalue weighted by atomic mass is 14.9. The summed E-state index contributed by atoms with van der Waals surface area (Å²) in [6, 6.07) is 0.526. The first kappa shape index (κ1) is 10.5. The van der Waals surface area contributed by atoms with E-state index in [1.807, 2.05) is 7.05 Å². The minimum Gasteiger partial charge on any atom is -0.318 e. The second kappa shape index (κ2) is 5.95. The normalized spacial score (nSPS) is 18.5. The number of likely N-dealkylation sites (N-methyl/N-ethyl adjacent to an activating group) is 1. The van der Waals surface area contributed by atoms with Gasteiger partial charge in [-0.1, -0.05) is 23.8 Å². The summed E-state index contributed by atoms with van der Waals surface area (Å²) in [5.74, 6) is 0. The monoisotopic (exact) mass is 180 g/mol. The van der Waals surface area contributed by atoms with Crippen LogP contribution in [0.5, 0.6) is 0 Å². The van der Waals surface area contributed by atoms with Gasteiger partial charge in [0.25, 0.3) is 0 Å². The minimum absolute atomic E-state index is 0.526. The number of rotatable bonds is 5. The van der Waals surface area contributed by atoms with Gasteiger partial charge in [-0.3, -0.25) is 0 Å². The molecular formula is C11H20N2. The molecule has 0 aromatic rings. The van der Waals surface area contributed by atoms with E-state index in [1.165, 1.54) is 18.4 Å². The molecule has 2 N–H and O–H groups in total. The first-order valence-corrected chi connectivity index (χ1v) is 5.08. The molecule has 1 unspecified atom stereocenters. The van der Waals surface area contributed by atoms with Crippen molar-refractivity contribution in [3.63, 3.8) is 0 Å². The van der Waals surface area contributed by atoms with Crippen LogP contribution >= 0.6 is 0 Å². The predicted octanol–water partition coefficient (Wildman–Crippen LogP) is 1.46. The van der Waals surface area contributed by atoms with Gasteiger partial charge in [0, 0.05) is 19.1 Å². The third-order valence-corrected chi connectivity index (χ3v) is 2.43. The fourth-order valence-electron chi connectivity index (χ4n) is 1.53. The molecule has 0 saturated heterocycles. The van der Waals surface area contributed by atoms with Crippen molar-refractivity contribution in [2.45, 2.75) is 25.8 Å². The molecule has 0 heterocycles. The molecule has 0 spiro atoms. The van der Waals surface area contributed by atoms with E-state index in [-0.39, 0.29) is 0 Å². The Morgan fingerprint density at radius 1 is 1.46 bits per heavy atom. The van der Waals surface area contributed by atoms with Crippen LogP contribution in [0.1, 0.15) is 19.8 Å². The summed E-state index contributed by atoms with van der Waals surface area (Å²) < 4.78 is 0. The minimum atomic E-state index is 0.526. The van der Waals surface area contributed by atoms with Gasteiger partial charge in [-0.2, -0.15) is 0 Å². The Morgan fingerprint density at radius 3 is 2.92 bits per heavy atom. The Kier molecular flexibility index (Phi) is 4.79. The molecule has 1 rings (SSSR count). The van der Waals surface area contributed by atoms with Crippen molar-refractivity contribution in [3.8, 4) is 0 Å². The molecule has 0 amide bonds. The van der Waals surface area contributed by atoms with Gasteiger partial charge in [0.2, 0.25) is 0 Å². The van der Waals surface area contributed by atoms with Gasteiger partial charge in [0.05, 0.1) is 0 Å². The van der Waals surface area contributed by atoms with Gasteiger partial charge in [-0.05, 0) is 26.8 Å². The van der Waals surface area contributed by atoms with Crippen molar-refractivity contribution in [1.29, 1.82) is 0 Å². The molecule has 1 aliphatic rings. The Bertz CT molecular complexity index is 194. The summed E-state index contributed by atoms with van der Waals surface area (Å²) in [5, 5.41) is 6.62. The second-order valence-corrected chi connectivity index (χ2v) is 3.49. The summed E-state index contributed by atoms with van der Waals surface area (Å²) in [5.41, 5.74) is 1.53. The fraction of sp³-hybridized carbons (Fsp3) is 0.636. The van der Waals surface area contributed by atoms with E-state index in [1.54, 1.807) is 0 Å². The maximum Gasteiger partial charge on any atom is 0.0254 e. The molecule has 0 aromatic heterocycles. The van der Waals surface area contributed by atoms with E-state index < -0.39 is 0 Å². The Morgan fingerprint density at radius 2 is 2.31 bits per heavy atom. The zero-order valence-electron chi connectivity index (χ0n) is 8.64. The molecule has 0 bridgehead atoms. The van der Waals surface area contributed by atoms with E-state index in [4.69, 9.17) is 0 Å². The quantitative estimate of drug-likeness (QED) is 0.626. The third kappa shape index (κ3) is 3.75. The molecule has 0 saturated carbocycles. The highest BCUT2D eigenvalue weighted by Gasteiger charge is 2.07. The fourth-order valence-corrected chi connectivity index (χ4v) is 1.53. The van der Waals surface area contributed by atoms with Gasteiger partial charge in [-0.15, -0.1) is 0 Å². The zero-order valence-corrected chi connectivity index (χ0v) is 8.64. The van der Waals surface area contributed by atoms with Crippen molar-refractivity contribution in [2.75, 3.05) is 20.1 Å². The van der Waals surface area contributed by atoms with Crippen molar-refractivity contribution >= 4 is 0 Å². The van der Waals surface area contributed by atoms with Crippen LogP contribution in [-0.2, 0) is 0 Å². The molecule has 13 heavy (non-hydrogen) atoms. The molecule has 74 valence electrons. The highest BCUT2D eigenvalue weighted by molar-refractivity contribution is 5.21. The van der Waals surface area contributed by atoms with Crippen molar-refractivity contribution in [1.82, 2.24) is 10.6 Å². The Labute approximate surface area is 81.1 Å². The smallest absolute Gasteiger partial charge is 0.0254 e. The number of allylic oxidation sites excluding steroid dienone is 3. The van der Waals surface area contributed by atoms with Crippen molar-refractivity contribution in [2.24, 2.45) is 0 Å². The summed E-state index contributed by atoms with van der Waals surface area (Å²) in [6.07, 6.45) is 9.04. The van der Waals surface area contributed by atoms with Crippen LogP contribution in [0.4, 0.5) is 0 Å². The summed E-state index contributed by atoms with van der Waals surface area (Å²) in [6.45, 7) is 4.31. The largest absolute Gasteiger partial charge is 0.318 e. The third-order valence-electron chi connectivity index (χ3n) is 2.43. The van der Waals surface area contributed by atoms with Crippen LogP contribution in [0.15, 0.2) is 23.8 Å². The second-order valence-electron chi connectivity index (χ2n) is 3.49. The molecular weight excluding hydrogens is 160 g/mol. The van der Waals surface area contributed by atoms with Crippen LogP contribution in [0.25, 0.3) is 0 Å². The lowest BCUT2D eigenvalue weighted by atomic mass is 9.99. The SMILES string of the molecule is CNCCNC(C)C1=CC=CCC1. The van der Waals surface area contributed by atoms with Crippen LogP contribution in [-0.4, -0.2) is 26.2 Å². The Balaban J connectivity index is 2.25. The van der Waals surface area contributed by atoms with E-state index in [0.29, 0.717) is 6.04 Å². The molecule has 2 heteroatoms. The van der Waals surface area contributed by atoms with E-state index >= 15 is 0 Å². The summed E-state index contributed by atoms with van der Waals surface area (Å²) in [4.78, 5) is 0. The molecule has 0 aliphatic heterocycles. The predicted molar refractivity (Wildman–Crippen MR) is 57.8 cm³/mol. The van der Waals surface area contributed by atoms with Gasteiger partial charge in [0.1, 0.15) is 0 Å². The maximum absolute atomic E-state index is 3.49. The van der Waals surface area contributed by atoms with Gasteiger partial charge in [0.15, 0.2) is 0 Å². The lowest BCUT2D eigenvalue weighted by Crippen LogP contribution is -2.33. The standard InChI is InChI=1S/C11H20N2/c1-10(13-9-8-12-2)11-6-4-3-5-7-11/h3-4,6,10,12-13H,5,7-9H2,1-2H3. The highest BCUT2D eigenvalue weighted by Crippen LogP contribution is 2.14. The van der Waals surface area contributed by atoms with Crippen molar-refractivity contribution in [3.05, 3.63) is 23.8 Å². The molecule has 0 fully saturated rings. The number of nitrogens with one attached hydrogen (secondary N) is 2. The van der Waals surface area contributed by atoms with Crippen LogP contribution in [0.3, 0.4) is 0 Å². The average Bonchev–Trinajstić information content (AvgIpc) is 2.19. The number of hydrogen-bond acceptors (Lipinski definition) is 2. The van der Waals surface area contributed by atoms with Gasteiger partial charge >= 0.3 is 0 Å². The van der Waals surface area contributed by atoms with Crippen LogP contribution in [0, 0.1) is 0 Å².